The first kappa shape index (κ1) is 26.2. The van der Waals surface area contributed by atoms with Gasteiger partial charge in [0.25, 0.3) is 0 Å². The molecule has 0 amide bonds. The van der Waals surface area contributed by atoms with Crippen LogP contribution in [-0.4, -0.2) is 76.1 Å². The van der Waals surface area contributed by atoms with Crippen molar-refractivity contribution in [3.8, 4) is 0 Å². The van der Waals surface area contributed by atoms with Gasteiger partial charge in [0, 0.05) is 49.3 Å². The van der Waals surface area contributed by atoms with Gasteiger partial charge in [-0.05, 0) is 68.4 Å². The van der Waals surface area contributed by atoms with Gasteiger partial charge in [0.05, 0.1) is 23.1 Å². The Morgan fingerprint density at radius 3 is 2.45 bits per heavy atom. The molecule has 40 heavy (non-hydrogen) atoms. The van der Waals surface area contributed by atoms with E-state index in [0.29, 0.717) is 40.3 Å². The number of nitrogens with one attached hydrogen (secondary N) is 3. The van der Waals surface area contributed by atoms with Crippen LogP contribution in [0, 0.1) is 5.82 Å². The monoisotopic (exact) mass is 543 g/mol. The molecule has 2 aromatic heterocycles. The number of carbonyl (C=O) groups is 1. The number of aliphatic hydroxyl groups is 1. The normalized spacial score (nSPS) is 20.0. The number of hydrogen-bond donors (Lipinski definition) is 4. The van der Waals surface area contributed by atoms with Crippen molar-refractivity contribution in [2.45, 2.75) is 37.8 Å². The van der Waals surface area contributed by atoms with E-state index in [9.17, 15) is 14.3 Å². The molecule has 4 aromatic rings. The van der Waals surface area contributed by atoms with Crippen LogP contribution in [0.25, 0.3) is 11.0 Å². The molecule has 3 heterocycles. The van der Waals surface area contributed by atoms with E-state index in [2.05, 4.69) is 49.6 Å². The third-order valence-electron chi connectivity index (χ3n) is 7.93. The third kappa shape index (κ3) is 5.50. The molecule has 1 aliphatic heterocycles. The highest BCUT2D eigenvalue weighted by molar-refractivity contribution is 6.18. The van der Waals surface area contributed by atoms with Crippen molar-refractivity contribution in [2.75, 3.05) is 48.8 Å². The largest absolute Gasteiger partial charge is 0.391 e. The van der Waals surface area contributed by atoms with Gasteiger partial charge >= 0.3 is 0 Å². The predicted octanol–water partition coefficient (Wildman–Crippen LogP) is 4.54. The Morgan fingerprint density at radius 1 is 1.00 bits per heavy atom. The average molecular weight is 544 g/mol. The van der Waals surface area contributed by atoms with Crippen molar-refractivity contribution in [1.29, 1.82) is 0 Å². The molecule has 6 rings (SSSR count). The molecular weight excluding hydrogens is 509 g/mol. The van der Waals surface area contributed by atoms with Gasteiger partial charge in [0.15, 0.2) is 5.78 Å². The van der Waals surface area contributed by atoms with E-state index in [4.69, 9.17) is 4.98 Å². The first-order valence-electron chi connectivity index (χ1n) is 13.9. The highest BCUT2D eigenvalue weighted by Gasteiger charge is 2.26. The van der Waals surface area contributed by atoms with Crippen molar-refractivity contribution in [2.24, 2.45) is 0 Å². The summed E-state index contributed by atoms with van der Waals surface area (Å²) in [7, 11) is 2.14. The van der Waals surface area contributed by atoms with Gasteiger partial charge < -0.3 is 30.5 Å². The Labute approximate surface area is 232 Å². The number of aliphatic hydroxyl groups excluding tert-OH is 1. The Bertz CT molecular complexity index is 1480. The standard InChI is InChI=1S/C30H34FN7O2/c1-37-14-16-38(17-15-37)22-12-10-21(11-13-22)33-30-35-28-26(29(36-30)34-24-4-2-3-5-25(24)39)23(18-32-28)27(40)19-6-8-20(31)9-7-19/h6-13,18,24-25,39H,2-5,14-17H2,1H3,(H3,32,33,34,35,36). The highest BCUT2D eigenvalue weighted by atomic mass is 19.1. The molecule has 0 radical (unpaired) electrons. The summed E-state index contributed by atoms with van der Waals surface area (Å²) in [5, 5.41) is 17.9. The number of rotatable bonds is 7. The van der Waals surface area contributed by atoms with Crippen LogP contribution in [0.2, 0.25) is 0 Å². The molecule has 2 unspecified atom stereocenters. The number of carbonyl (C=O) groups excluding carboxylic acids is 1. The molecule has 1 saturated carbocycles. The van der Waals surface area contributed by atoms with Crippen LogP contribution >= 0.6 is 0 Å². The fraction of sp³-hybridized carbons (Fsp3) is 0.367. The van der Waals surface area contributed by atoms with E-state index >= 15 is 0 Å². The van der Waals surface area contributed by atoms with Crippen molar-refractivity contribution in [1.82, 2.24) is 19.9 Å². The zero-order chi connectivity index (χ0) is 27.6. The molecule has 0 spiro atoms. The van der Waals surface area contributed by atoms with E-state index in [1.807, 2.05) is 12.1 Å². The minimum atomic E-state index is -0.507. The summed E-state index contributed by atoms with van der Waals surface area (Å²) in [6, 6.07) is 13.5. The zero-order valence-corrected chi connectivity index (χ0v) is 22.5. The van der Waals surface area contributed by atoms with Crippen LogP contribution in [0.5, 0.6) is 0 Å². The van der Waals surface area contributed by atoms with Crippen LogP contribution < -0.4 is 15.5 Å². The Balaban J connectivity index is 1.31. The first-order valence-corrected chi connectivity index (χ1v) is 13.9. The molecule has 2 fully saturated rings. The number of fused-ring (bicyclic) bond motifs is 1. The molecule has 1 saturated heterocycles. The number of piperazine rings is 1. The SMILES string of the molecule is CN1CCN(c2ccc(Nc3nc(NC4CCCCC4O)c4c(C(=O)c5ccc(F)cc5)c[nH]c4n3)cc2)CC1. The van der Waals surface area contributed by atoms with Crippen LogP contribution in [0.1, 0.15) is 41.6 Å². The lowest BCUT2D eigenvalue weighted by Crippen LogP contribution is -2.44. The molecule has 4 N–H and O–H groups in total. The second kappa shape index (κ2) is 11.2. The lowest BCUT2D eigenvalue weighted by Gasteiger charge is -2.34. The number of ketones is 1. The fourth-order valence-corrected chi connectivity index (χ4v) is 5.53. The van der Waals surface area contributed by atoms with Gasteiger partial charge in [-0.2, -0.15) is 9.97 Å². The van der Waals surface area contributed by atoms with Crippen LogP contribution in [0.15, 0.2) is 54.7 Å². The molecule has 2 aliphatic rings. The minimum absolute atomic E-state index is 0.189. The molecule has 2 aromatic carbocycles. The quantitative estimate of drug-likeness (QED) is 0.252. The summed E-state index contributed by atoms with van der Waals surface area (Å²) in [5.74, 6) is 0.177. The summed E-state index contributed by atoms with van der Waals surface area (Å²) < 4.78 is 13.5. The van der Waals surface area contributed by atoms with E-state index in [1.165, 1.54) is 30.0 Å². The molecule has 9 nitrogen and oxygen atoms in total. The summed E-state index contributed by atoms with van der Waals surface area (Å²) in [6.45, 7) is 4.08. The van der Waals surface area contributed by atoms with E-state index in [-0.39, 0.29) is 11.8 Å². The van der Waals surface area contributed by atoms with Crippen molar-refractivity contribution >= 4 is 40.0 Å². The van der Waals surface area contributed by atoms with Crippen molar-refractivity contribution < 1.29 is 14.3 Å². The maximum atomic E-state index is 13.5. The number of aromatic nitrogens is 3. The van der Waals surface area contributed by atoms with Gasteiger partial charge in [-0.1, -0.05) is 12.8 Å². The molecular formula is C30H34FN7O2. The topological polar surface area (TPSA) is 109 Å². The van der Waals surface area contributed by atoms with Gasteiger partial charge in [-0.15, -0.1) is 0 Å². The van der Waals surface area contributed by atoms with Crippen LogP contribution in [0.4, 0.5) is 27.5 Å². The van der Waals surface area contributed by atoms with E-state index < -0.39 is 11.9 Å². The first-order chi connectivity index (χ1) is 19.4. The summed E-state index contributed by atoms with van der Waals surface area (Å²) in [4.78, 5) is 30.7. The fourth-order valence-electron chi connectivity index (χ4n) is 5.53. The van der Waals surface area contributed by atoms with Crippen molar-refractivity contribution in [3.63, 3.8) is 0 Å². The number of anilines is 4. The van der Waals surface area contributed by atoms with Crippen LogP contribution in [-0.2, 0) is 0 Å². The minimum Gasteiger partial charge on any atom is -0.391 e. The second-order valence-corrected chi connectivity index (χ2v) is 10.7. The van der Waals surface area contributed by atoms with Gasteiger partial charge in [0.1, 0.15) is 17.3 Å². The Morgan fingerprint density at radius 2 is 1.73 bits per heavy atom. The van der Waals surface area contributed by atoms with Gasteiger partial charge in [-0.3, -0.25) is 4.79 Å². The van der Waals surface area contributed by atoms with Crippen molar-refractivity contribution in [3.05, 3.63) is 71.7 Å². The highest BCUT2D eigenvalue weighted by Crippen LogP contribution is 2.31. The van der Waals surface area contributed by atoms with E-state index in [0.717, 1.165) is 51.1 Å². The Kier molecular flexibility index (Phi) is 7.36. The predicted molar refractivity (Wildman–Crippen MR) is 155 cm³/mol. The van der Waals surface area contributed by atoms with Gasteiger partial charge in [0.2, 0.25) is 5.95 Å². The maximum Gasteiger partial charge on any atom is 0.231 e. The number of hydrogen-bond acceptors (Lipinski definition) is 8. The third-order valence-corrected chi connectivity index (χ3v) is 7.93. The zero-order valence-electron chi connectivity index (χ0n) is 22.5. The molecule has 10 heteroatoms. The lowest BCUT2D eigenvalue weighted by molar-refractivity contribution is 0.104. The average Bonchev–Trinajstić information content (AvgIpc) is 3.39. The number of nitrogens with zero attached hydrogens (tertiary/aromatic N) is 4. The molecule has 0 bridgehead atoms. The Hall–Kier alpha value is -4.02. The summed E-state index contributed by atoms with van der Waals surface area (Å²) >= 11 is 0. The molecule has 208 valence electrons. The number of aromatic amines is 1. The maximum absolute atomic E-state index is 13.5. The van der Waals surface area contributed by atoms with E-state index in [1.54, 1.807) is 6.20 Å². The molecule has 2 atom stereocenters. The van der Waals surface area contributed by atoms with Gasteiger partial charge in [-0.25, -0.2) is 4.39 Å². The summed E-state index contributed by atoms with van der Waals surface area (Å²) in [5.41, 5.74) is 3.27. The summed E-state index contributed by atoms with van der Waals surface area (Å²) in [6.07, 6.45) is 4.60. The van der Waals surface area contributed by atoms with Crippen LogP contribution in [0.3, 0.4) is 0 Å². The number of H-pyrrole nitrogens is 1. The lowest BCUT2D eigenvalue weighted by atomic mass is 9.92. The number of likely N-dealkylation sites (N-methyl/N-ethyl adjacent to an activating group) is 1. The smallest absolute Gasteiger partial charge is 0.231 e. The number of benzene rings is 2. The molecule has 1 aliphatic carbocycles. The number of halogens is 1. The second-order valence-electron chi connectivity index (χ2n) is 10.7.